The smallest absolute Gasteiger partial charge is 0.144 e. The van der Waals surface area contributed by atoms with Crippen LogP contribution in [0.2, 0.25) is 0 Å². The summed E-state index contributed by atoms with van der Waals surface area (Å²) < 4.78 is 5.75. The van der Waals surface area contributed by atoms with Gasteiger partial charge in [-0.1, -0.05) is 68.5 Å². The van der Waals surface area contributed by atoms with Gasteiger partial charge in [0.1, 0.15) is 23.1 Å². The molecule has 1 aliphatic rings. The zero-order valence-electron chi connectivity index (χ0n) is 18.6. The van der Waals surface area contributed by atoms with Crippen molar-refractivity contribution in [3.8, 4) is 10.6 Å². The minimum Gasteiger partial charge on any atom is -0.509 e. The summed E-state index contributed by atoms with van der Waals surface area (Å²) in [7, 11) is 0. The standard InChI is InChI=1S/C27H29NO2S2/c1-4-8-21-15-22(13-14-25(21)30-16-18(2)29)31-17-26-19(3)28-27(32-26)24-12-7-10-20-9-5-6-11-23(20)24/h5-7,9-14,22,29H,2,4,8,15-17H2,1,3H3. The molecular formula is C27H29NO2S2. The number of nitrogens with zero attached hydrogens (tertiary/aromatic N) is 1. The molecule has 1 N–H and O–H groups in total. The summed E-state index contributed by atoms with van der Waals surface area (Å²) >= 11 is 3.77. The van der Waals surface area contributed by atoms with Gasteiger partial charge in [0.05, 0.1) is 5.69 Å². The van der Waals surface area contributed by atoms with Crippen molar-refractivity contribution >= 4 is 33.9 Å². The number of ether oxygens (including phenoxy) is 1. The van der Waals surface area contributed by atoms with Crippen molar-refractivity contribution < 1.29 is 9.84 Å². The predicted octanol–water partition coefficient (Wildman–Crippen LogP) is 7.98. The Hall–Kier alpha value is -2.50. The van der Waals surface area contributed by atoms with Gasteiger partial charge in [0, 0.05) is 21.4 Å². The van der Waals surface area contributed by atoms with E-state index in [0.717, 1.165) is 41.5 Å². The maximum Gasteiger partial charge on any atom is 0.144 e. The minimum absolute atomic E-state index is 0.0564. The summed E-state index contributed by atoms with van der Waals surface area (Å²) in [6.45, 7) is 7.97. The van der Waals surface area contributed by atoms with Gasteiger partial charge >= 0.3 is 0 Å². The maximum absolute atomic E-state index is 9.36. The fourth-order valence-electron chi connectivity index (χ4n) is 3.95. The normalized spacial score (nSPS) is 16.0. The topological polar surface area (TPSA) is 42.4 Å². The van der Waals surface area contributed by atoms with E-state index < -0.39 is 0 Å². The molecule has 0 radical (unpaired) electrons. The van der Waals surface area contributed by atoms with Crippen LogP contribution in [-0.4, -0.2) is 21.9 Å². The van der Waals surface area contributed by atoms with Crippen LogP contribution in [0.5, 0.6) is 0 Å². The molecule has 0 spiro atoms. The van der Waals surface area contributed by atoms with Crippen LogP contribution < -0.4 is 0 Å². The molecule has 32 heavy (non-hydrogen) atoms. The summed E-state index contributed by atoms with van der Waals surface area (Å²) in [6, 6.07) is 14.9. The highest BCUT2D eigenvalue weighted by atomic mass is 32.2. The average Bonchev–Trinajstić information content (AvgIpc) is 3.17. The molecule has 1 atom stereocenters. The molecular weight excluding hydrogens is 434 g/mol. The molecule has 0 bridgehead atoms. The van der Waals surface area contributed by atoms with E-state index in [1.165, 1.54) is 26.8 Å². The second kappa shape index (κ2) is 10.4. The lowest BCUT2D eigenvalue weighted by Crippen LogP contribution is -2.10. The van der Waals surface area contributed by atoms with Crippen LogP contribution in [0.3, 0.4) is 0 Å². The third-order valence-electron chi connectivity index (χ3n) is 5.55. The van der Waals surface area contributed by atoms with E-state index in [9.17, 15) is 5.11 Å². The Morgan fingerprint density at radius 2 is 2.06 bits per heavy atom. The van der Waals surface area contributed by atoms with Gasteiger partial charge in [-0.25, -0.2) is 4.98 Å². The quantitative estimate of drug-likeness (QED) is 0.327. The molecule has 2 aromatic carbocycles. The van der Waals surface area contributed by atoms with Crippen molar-refractivity contribution in [1.29, 1.82) is 0 Å². The Bertz CT molecular complexity index is 1170. The van der Waals surface area contributed by atoms with Gasteiger partial charge in [-0.05, 0) is 42.2 Å². The van der Waals surface area contributed by atoms with E-state index >= 15 is 0 Å². The van der Waals surface area contributed by atoms with E-state index in [-0.39, 0.29) is 12.4 Å². The van der Waals surface area contributed by atoms with Crippen LogP contribution in [-0.2, 0) is 10.5 Å². The van der Waals surface area contributed by atoms with Gasteiger partial charge in [-0.2, -0.15) is 0 Å². The van der Waals surface area contributed by atoms with Crippen LogP contribution >= 0.6 is 23.1 Å². The Kier molecular flexibility index (Phi) is 7.38. The monoisotopic (exact) mass is 463 g/mol. The van der Waals surface area contributed by atoms with E-state index in [1.807, 2.05) is 23.1 Å². The third kappa shape index (κ3) is 5.28. The Morgan fingerprint density at radius 1 is 1.25 bits per heavy atom. The van der Waals surface area contributed by atoms with E-state index in [1.54, 1.807) is 0 Å². The molecule has 0 amide bonds. The Labute approximate surface area is 198 Å². The fourth-order valence-corrected chi connectivity index (χ4v) is 6.37. The predicted molar refractivity (Wildman–Crippen MR) is 138 cm³/mol. The van der Waals surface area contributed by atoms with E-state index in [2.05, 4.69) is 75.0 Å². The summed E-state index contributed by atoms with van der Waals surface area (Å²) in [5.74, 6) is 1.90. The number of benzene rings is 2. The van der Waals surface area contributed by atoms with Gasteiger partial charge in [0.25, 0.3) is 0 Å². The van der Waals surface area contributed by atoms with Crippen molar-refractivity contribution in [3.63, 3.8) is 0 Å². The van der Waals surface area contributed by atoms with Gasteiger partial charge in [-0.3, -0.25) is 0 Å². The Balaban J connectivity index is 1.45. The van der Waals surface area contributed by atoms with Crippen LogP contribution in [0.1, 0.15) is 36.8 Å². The number of fused-ring (bicyclic) bond motifs is 1. The highest BCUT2D eigenvalue weighted by Crippen LogP contribution is 2.37. The molecule has 0 saturated carbocycles. The summed E-state index contributed by atoms with van der Waals surface area (Å²) in [6.07, 6.45) is 7.36. The van der Waals surface area contributed by atoms with Crippen LogP contribution in [0.4, 0.5) is 0 Å². The van der Waals surface area contributed by atoms with Gasteiger partial charge < -0.3 is 9.84 Å². The van der Waals surface area contributed by atoms with Crippen molar-refractivity contribution in [2.45, 2.75) is 44.1 Å². The molecule has 1 aromatic heterocycles. The van der Waals surface area contributed by atoms with Crippen molar-refractivity contribution in [2.75, 3.05) is 6.61 Å². The summed E-state index contributed by atoms with van der Waals surface area (Å²) in [5.41, 5.74) is 3.66. The molecule has 4 rings (SSSR count). The highest BCUT2D eigenvalue weighted by Gasteiger charge is 2.19. The number of aliphatic hydroxyl groups is 1. The van der Waals surface area contributed by atoms with Crippen molar-refractivity contribution in [1.82, 2.24) is 4.98 Å². The molecule has 0 aliphatic heterocycles. The molecule has 1 heterocycles. The first kappa shape index (κ1) is 22.7. The van der Waals surface area contributed by atoms with Crippen LogP contribution in [0, 0.1) is 6.92 Å². The number of thiazole rings is 1. The first-order chi connectivity index (χ1) is 15.5. The van der Waals surface area contributed by atoms with E-state index in [0.29, 0.717) is 5.25 Å². The molecule has 1 aliphatic carbocycles. The number of hydrogen-bond donors (Lipinski definition) is 1. The van der Waals surface area contributed by atoms with Crippen LogP contribution in [0.15, 0.2) is 78.3 Å². The number of allylic oxidation sites excluding steroid dienone is 2. The Morgan fingerprint density at radius 3 is 2.88 bits per heavy atom. The molecule has 0 fully saturated rings. The number of hydrogen-bond acceptors (Lipinski definition) is 5. The average molecular weight is 464 g/mol. The second-order valence-electron chi connectivity index (χ2n) is 8.04. The summed E-state index contributed by atoms with van der Waals surface area (Å²) in [4.78, 5) is 6.26. The molecule has 3 nitrogen and oxygen atoms in total. The second-order valence-corrected chi connectivity index (χ2v) is 10.4. The zero-order valence-corrected chi connectivity index (χ0v) is 20.3. The van der Waals surface area contributed by atoms with Crippen molar-refractivity contribution in [2.24, 2.45) is 0 Å². The molecule has 5 heteroatoms. The van der Waals surface area contributed by atoms with Gasteiger partial charge in [0.15, 0.2) is 0 Å². The molecule has 166 valence electrons. The first-order valence-electron chi connectivity index (χ1n) is 11.0. The van der Waals surface area contributed by atoms with Crippen LogP contribution in [0.25, 0.3) is 21.3 Å². The zero-order chi connectivity index (χ0) is 22.5. The maximum atomic E-state index is 9.36. The van der Waals surface area contributed by atoms with Gasteiger partial charge in [-0.15, -0.1) is 23.1 Å². The lowest BCUT2D eigenvalue weighted by Gasteiger charge is -2.22. The first-order valence-corrected chi connectivity index (χ1v) is 12.9. The minimum atomic E-state index is 0.0564. The molecule has 3 aromatic rings. The third-order valence-corrected chi connectivity index (χ3v) is 8.13. The lowest BCUT2D eigenvalue weighted by molar-refractivity contribution is 0.200. The molecule has 0 saturated heterocycles. The number of aromatic nitrogens is 1. The van der Waals surface area contributed by atoms with E-state index in [4.69, 9.17) is 9.72 Å². The number of aliphatic hydroxyl groups excluding tert-OH is 1. The SMILES string of the molecule is C=C(O)COC1=C(CCC)CC(SCc2sc(-c3cccc4ccccc34)nc2C)C=C1. The fraction of sp³-hybridized carbons (Fsp3) is 0.296. The lowest BCUT2D eigenvalue weighted by atomic mass is 9.99. The van der Waals surface area contributed by atoms with Crippen molar-refractivity contribution in [3.05, 3.63) is 88.9 Å². The molecule has 1 unspecified atom stereocenters. The number of thioether (sulfide) groups is 1. The van der Waals surface area contributed by atoms with Gasteiger partial charge in [0.2, 0.25) is 0 Å². The number of rotatable bonds is 9. The largest absolute Gasteiger partial charge is 0.509 e. The summed E-state index contributed by atoms with van der Waals surface area (Å²) in [5, 5.41) is 13.4. The number of aryl methyl sites for hydroxylation is 1. The highest BCUT2D eigenvalue weighted by molar-refractivity contribution is 7.99.